The fourth-order valence-corrected chi connectivity index (χ4v) is 2.22. The van der Waals surface area contributed by atoms with Crippen molar-refractivity contribution in [1.82, 2.24) is 4.98 Å². The average Bonchev–Trinajstić information content (AvgIpc) is 3.08. The van der Waals surface area contributed by atoms with Gasteiger partial charge in [-0.3, -0.25) is 0 Å². The van der Waals surface area contributed by atoms with Gasteiger partial charge in [-0.15, -0.1) is 13.2 Å². The molecule has 0 aliphatic rings. The number of H-pyrrole nitrogens is 1. The number of aromatic amines is 1. The molecule has 8 heteroatoms. The standard InChI is InChI=1S/C16H12F3NO4/c17-16(18,19)24-13-4-2-1-3-10(13)5-7-23-15(21)12-9-14-11(20-12)6-8-22-14/h1-4,6,8-9,20H,5,7H2. The van der Waals surface area contributed by atoms with Gasteiger partial charge in [0.1, 0.15) is 11.4 Å². The SMILES string of the molecule is O=C(OCCc1ccccc1OC(F)(F)F)c1cc2occc2[nH]1. The van der Waals surface area contributed by atoms with Gasteiger partial charge in [-0.1, -0.05) is 18.2 Å². The molecule has 24 heavy (non-hydrogen) atoms. The number of hydrogen-bond acceptors (Lipinski definition) is 4. The number of fused-ring (bicyclic) bond motifs is 1. The monoisotopic (exact) mass is 339 g/mol. The Kier molecular flexibility index (Phi) is 4.20. The molecule has 0 aliphatic carbocycles. The average molecular weight is 339 g/mol. The van der Waals surface area contributed by atoms with Crippen LogP contribution in [0, 0.1) is 0 Å². The van der Waals surface area contributed by atoms with Crippen molar-refractivity contribution in [2.75, 3.05) is 6.61 Å². The van der Waals surface area contributed by atoms with E-state index in [1.807, 2.05) is 0 Å². The van der Waals surface area contributed by atoms with Crippen molar-refractivity contribution >= 4 is 17.1 Å². The first-order valence-electron chi connectivity index (χ1n) is 6.99. The van der Waals surface area contributed by atoms with Crippen LogP contribution in [0.4, 0.5) is 13.2 Å². The molecule has 1 N–H and O–H groups in total. The predicted molar refractivity (Wildman–Crippen MR) is 77.7 cm³/mol. The summed E-state index contributed by atoms with van der Waals surface area (Å²) < 4.78 is 51.2. The van der Waals surface area contributed by atoms with Gasteiger partial charge < -0.3 is 18.9 Å². The predicted octanol–water partition coefficient (Wildman–Crippen LogP) is 4.06. The van der Waals surface area contributed by atoms with E-state index in [0.717, 1.165) is 0 Å². The third kappa shape index (κ3) is 3.70. The van der Waals surface area contributed by atoms with E-state index in [9.17, 15) is 18.0 Å². The number of carbonyl (C=O) groups excluding carboxylic acids is 1. The minimum atomic E-state index is -4.77. The Morgan fingerprint density at radius 3 is 2.75 bits per heavy atom. The Morgan fingerprint density at radius 1 is 1.21 bits per heavy atom. The molecule has 0 fully saturated rings. The van der Waals surface area contributed by atoms with Crippen molar-refractivity contribution < 1.29 is 31.9 Å². The fourth-order valence-electron chi connectivity index (χ4n) is 2.22. The Hall–Kier alpha value is -2.90. The lowest BCUT2D eigenvalue weighted by atomic mass is 10.1. The first-order chi connectivity index (χ1) is 11.4. The van der Waals surface area contributed by atoms with Crippen LogP contribution < -0.4 is 4.74 Å². The molecule has 0 unspecified atom stereocenters. The normalized spacial score (nSPS) is 11.6. The van der Waals surface area contributed by atoms with Crippen LogP contribution in [0.2, 0.25) is 0 Å². The highest BCUT2D eigenvalue weighted by Gasteiger charge is 2.31. The number of nitrogens with one attached hydrogen (secondary N) is 1. The topological polar surface area (TPSA) is 64.5 Å². The van der Waals surface area contributed by atoms with Gasteiger partial charge in [0, 0.05) is 18.6 Å². The summed E-state index contributed by atoms with van der Waals surface area (Å²) in [6, 6.07) is 8.87. The van der Waals surface area contributed by atoms with Crippen molar-refractivity contribution in [2.45, 2.75) is 12.8 Å². The number of esters is 1. The largest absolute Gasteiger partial charge is 0.573 e. The number of ether oxygens (including phenoxy) is 2. The van der Waals surface area contributed by atoms with Gasteiger partial charge in [0.15, 0.2) is 5.58 Å². The molecule has 2 aromatic heterocycles. The number of para-hydroxylation sites is 1. The van der Waals surface area contributed by atoms with Crippen molar-refractivity contribution in [3.05, 3.63) is 53.9 Å². The highest BCUT2D eigenvalue weighted by Crippen LogP contribution is 2.26. The van der Waals surface area contributed by atoms with Crippen LogP contribution >= 0.6 is 0 Å². The zero-order chi connectivity index (χ0) is 17.2. The third-order valence-electron chi connectivity index (χ3n) is 3.26. The molecule has 3 rings (SSSR count). The van der Waals surface area contributed by atoms with Gasteiger partial charge in [-0.2, -0.15) is 0 Å². The molecular formula is C16H12F3NO4. The van der Waals surface area contributed by atoms with Crippen LogP contribution in [0.15, 0.2) is 47.1 Å². The Morgan fingerprint density at radius 2 is 2.00 bits per heavy atom. The molecule has 0 bridgehead atoms. The second kappa shape index (κ2) is 6.31. The van der Waals surface area contributed by atoms with E-state index in [2.05, 4.69) is 9.72 Å². The molecule has 0 atom stereocenters. The van der Waals surface area contributed by atoms with Crippen molar-refractivity contribution in [3.8, 4) is 5.75 Å². The summed E-state index contributed by atoms with van der Waals surface area (Å²) in [5.74, 6) is -0.922. The molecule has 2 heterocycles. The lowest BCUT2D eigenvalue weighted by Crippen LogP contribution is -2.18. The molecule has 0 amide bonds. The molecule has 5 nitrogen and oxygen atoms in total. The lowest BCUT2D eigenvalue weighted by molar-refractivity contribution is -0.274. The molecular weight excluding hydrogens is 327 g/mol. The first-order valence-corrected chi connectivity index (χ1v) is 6.99. The van der Waals surface area contributed by atoms with Crippen LogP contribution in [0.1, 0.15) is 16.1 Å². The molecule has 0 saturated heterocycles. The van der Waals surface area contributed by atoms with Crippen LogP contribution in [-0.4, -0.2) is 23.9 Å². The summed E-state index contributed by atoms with van der Waals surface area (Å²) in [5, 5.41) is 0. The van der Waals surface area contributed by atoms with E-state index >= 15 is 0 Å². The van der Waals surface area contributed by atoms with E-state index in [-0.39, 0.29) is 24.5 Å². The Balaban J connectivity index is 1.60. The summed E-state index contributed by atoms with van der Waals surface area (Å²) in [6.45, 7) is -0.0859. The van der Waals surface area contributed by atoms with Crippen LogP contribution in [0.3, 0.4) is 0 Å². The number of benzene rings is 1. The molecule has 0 spiro atoms. The van der Waals surface area contributed by atoms with Gasteiger partial charge in [0.05, 0.1) is 18.4 Å². The molecule has 1 aromatic carbocycles. The van der Waals surface area contributed by atoms with E-state index in [0.29, 0.717) is 16.7 Å². The fraction of sp³-hybridized carbons (Fsp3) is 0.188. The molecule has 3 aromatic rings. The number of alkyl halides is 3. The van der Waals surface area contributed by atoms with Gasteiger partial charge in [0.2, 0.25) is 0 Å². The van der Waals surface area contributed by atoms with E-state index < -0.39 is 12.3 Å². The summed E-state index contributed by atoms with van der Waals surface area (Å²) in [5.41, 5.74) is 1.68. The molecule has 126 valence electrons. The number of halogens is 3. The Bertz CT molecular complexity index is 822. The summed E-state index contributed by atoms with van der Waals surface area (Å²) in [4.78, 5) is 14.7. The minimum absolute atomic E-state index is 0.0859. The summed E-state index contributed by atoms with van der Waals surface area (Å²) >= 11 is 0. The maximum absolute atomic E-state index is 12.3. The second-order valence-corrected chi connectivity index (χ2v) is 4.92. The van der Waals surface area contributed by atoms with E-state index in [1.165, 1.54) is 30.5 Å². The number of rotatable bonds is 5. The van der Waals surface area contributed by atoms with Crippen molar-refractivity contribution in [3.63, 3.8) is 0 Å². The molecule has 0 aliphatic heterocycles. The van der Waals surface area contributed by atoms with Gasteiger partial charge in [0.25, 0.3) is 0 Å². The second-order valence-electron chi connectivity index (χ2n) is 4.92. The maximum Gasteiger partial charge on any atom is 0.573 e. The molecule has 0 radical (unpaired) electrons. The first kappa shape index (κ1) is 16.0. The smallest absolute Gasteiger partial charge is 0.463 e. The van der Waals surface area contributed by atoms with E-state index in [4.69, 9.17) is 9.15 Å². The van der Waals surface area contributed by atoms with Crippen LogP contribution in [0.5, 0.6) is 5.75 Å². The Labute approximate surface area is 134 Å². The van der Waals surface area contributed by atoms with Crippen LogP contribution in [-0.2, 0) is 11.2 Å². The summed E-state index contributed by atoms with van der Waals surface area (Å²) in [7, 11) is 0. The lowest BCUT2D eigenvalue weighted by Gasteiger charge is -2.13. The van der Waals surface area contributed by atoms with Crippen molar-refractivity contribution in [1.29, 1.82) is 0 Å². The zero-order valence-electron chi connectivity index (χ0n) is 12.2. The number of hydrogen-bond donors (Lipinski definition) is 1. The minimum Gasteiger partial charge on any atom is -0.463 e. The summed E-state index contributed by atoms with van der Waals surface area (Å²) in [6.07, 6.45) is -3.20. The highest BCUT2D eigenvalue weighted by atomic mass is 19.4. The van der Waals surface area contributed by atoms with Gasteiger partial charge in [-0.25, -0.2) is 4.79 Å². The third-order valence-corrected chi connectivity index (χ3v) is 3.26. The quantitative estimate of drug-likeness (QED) is 0.712. The molecule has 0 saturated carbocycles. The van der Waals surface area contributed by atoms with Crippen LogP contribution in [0.25, 0.3) is 11.1 Å². The number of aromatic nitrogens is 1. The van der Waals surface area contributed by atoms with E-state index in [1.54, 1.807) is 12.1 Å². The number of carbonyl (C=O) groups is 1. The van der Waals surface area contributed by atoms with Crippen molar-refractivity contribution in [2.24, 2.45) is 0 Å². The van der Waals surface area contributed by atoms with Gasteiger partial charge in [-0.05, 0) is 11.6 Å². The number of furan rings is 1. The zero-order valence-corrected chi connectivity index (χ0v) is 12.2. The highest BCUT2D eigenvalue weighted by molar-refractivity contribution is 5.93. The maximum atomic E-state index is 12.3. The van der Waals surface area contributed by atoms with Gasteiger partial charge >= 0.3 is 12.3 Å².